The van der Waals surface area contributed by atoms with Crippen molar-refractivity contribution in [2.24, 2.45) is 0 Å². The fourth-order valence-corrected chi connectivity index (χ4v) is 3.44. The van der Waals surface area contributed by atoms with E-state index >= 15 is 0 Å². The van der Waals surface area contributed by atoms with Gasteiger partial charge in [0.2, 0.25) is 5.91 Å². The molecule has 2 aliphatic heterocycles. The Morgan fingerprint density at radius 2 is 2.03 bits per heavy atom. The number of carbonyl (C=O) groups is 2. The molecule has 152 valence electrons. The summed E-state index contributed by atoms with van der Waals surface area (Å²) in [5.41, 5.74) is 0.755. The third-order valence-electron chi connectivity index (χ3n) is 4.88. The topological polar surface area (TPSA) is 89.1 Å². The maximum Gasteiger partial charge on any atom is 0.315 e. The Hall–Kier alpha value is -3.42. The molecule has 2 aliphatic rings. The minimum absolute atomic E-state index is 0.0378. The molecular formula is C21H23N3O5. The van der Waals surface area contributed by atoms with Crippen LogP contribution in [0.5, 0.6) is 17.2 Å². The number of nitrogens with one attached hydrogen (secondary N) is 2. The number of rotatable bonds is 5. The van der Waals surface area contributed by atoms with Crippen LogP contribution < -0.4 is 29.7 Å². The fourth-order valence-electron chi connectivity index (χ4n) is 3.44. The number of ether oxygens (including phenoxy) is 3. The zero-order valence-corrected chi connectivity index (χ0v) is 16.1. The summed E-state index contributed by atoms with van der Waals surface area (Å²) in [5, 5.41) is 5.65. The highest BCUT2D eigenvalue weighted by atomic mass is 16.6. The molecule has 8 nitrogen and oxygen atoms in total. The number of amides is 3. The molecule has 8 heteroatoms. The normalized spacial score (nSPS) is 20.3. The Kier molecular flexibility index (Phi) is 5.41. The van der Waals surface area contributed by atoms with Crippen molar-refractivity contribution in [2.45, 2.75) is 18.6 Å². The van der Waals surface area contributed by atoms with Gasteiger partial charge in [-0.1, -0.05) is 18.2 Å². The first-order chi connectivity index (χ1) is 14.1. The van der Waals surface area contributed by atoms with Gasteiger partial charge < -0.3 is 29.7 Å². The Balaban J connectivity index is 1.27. The lowest BCUT2D eigenvalue weighted by Crippen LogP contribution is -2.47. The highest BCUT2D eigenvalue weighted by Crippen LogP contribution is 2.30. The first-order valence-electron chi connectivity index (χ1n) is 9.49. The quantitative estimate of drug-likeness (QED) is 0.805. The number of fused-ring (bicyclic) bond motifs is 1. The molecule has 0 spiro atoms. The molecule has 0 aliphatic carbocycles. The van der Waals surface area contributed by atoms with Crippen molar-refractivity contribution in [2.75, 3.05) is 31.7 Å². The standard InChI is InChI=1S/C21H23N3O5/c1-27-16-6-4-5-15(10-16)24-12-14(9-20(24)25)23-21(26)22-11-17-13-28-18-7-2-3-8-19(18)29-17/h2-8,10,14,17H,9,11-13H2,1H3,(H2,22,23,26)/t14-,17+/m0/s1. The van der Waals surface area contributed by atoms with Gasteiger partial charge in [-0.2, -0.15) is 0 Å². The number of hydrogen-bond acceptors (Lipinski definition) is 5. The van der Waals surface area contributed by atoms with E-state index in [1.165, 1.54) is 0 Å². The summed E-state index contributed by atoms with van der Waals surface area (Å²) < 4.78 is 16.7. The van der Waals surface area contributed by atoms with E-state index in [1.807, 2.05) is 42.5 Å². The minimum Gasteiger partial charge on any atom is -0.497 e. The van der Waals surface area contributed by atoms with Crippen LogP contribution in [0.4, 0.5) is 10.5 Å². The summed E-state index contributed by atoms with van der Waals surface area (Å²) in [6.07, 6.45) is -0.0183. The van der Waals surface area contributed by atoms with E-state index in [-0.39, 0.29) is 30.5 Å². The molecule has 4 rings (SSSR count). The monoisotopic (exact) mass is 397 g/mol. The third-order valence-corrected chi connectivity index (χ3v) is 4.88. The van der Waals surface area contributed by atoms with Crippen molar-refractivity contribution in [3.63, 3.8) is 0 Å². The van der Waals surface area contributed by atoms with E-state index in [2.05, 4.69) is 10.6 Å². The highest BCUT2D eigenvalue weighted by Gasteiger charge is 2.32. The minimum atomic E-state index is -0.335. The van der Waals surface area contributed by atoms with Crippen LogP contribution >= 0.6 is 0 Å². The first kappa shape index (κ1) is 18.9. The molecule has 0 unspecified atom stereocenters. The number of benzene rings is 2. The summed E-state index contributed by atoms with van der Waals surface area (Å²) in [7, 11) is 1.58. The maximum atomic E-state index is 12.4. The average Bonchev–Trinajstić information content (AvgIpc) is 3.12. The molecule has 2 N–H and O–H groups in total. The van der Waals surface area contributed by atoms with Gasteiger partial charge in [0.25, 0.3) is 0 Å². The number of urea groups is 1. The van der Waals surface area contributed by atoms with Gasteiger partial charge >= 0.3 is 6.03 Å². The molecule has 2 atom stereocenters. The lowest BCUT2D eigenvalue weighted by molar-refractivity contribution is -0.117. The molecule has 1 saturated heterocycles. The number of hydrogen-bond donors (Lipinski definition) is 2. The van der Waals surface area contributed by atoms with Crippen molar-refractivity contribution in [3.8, 4) is 17.2 Å². The number of anilines is 1. The molecule has 0 bridgehead atoms. The van der Waals surface area contributed by atoms with E-state index in [4.69, 9.17) is 14.2 Å². The summed E-state index contributed by atoms with van der Waals surface area (Å²) in [6, 6.07) is 14.1. The predicted molar refractivity (Wildman–Crippen MR) is 107 cm³/mol. The molecule has 1 fully saturated rings. The van der Waals surface area contributed by atoms with Gasteiger partial charge in [-0.05, 0) is 24.3 Å². The van der Waals surface area contributed by atoms with Crippen LogP contribution in [0.3, 0.4) is 0 Å². The maximum absolute atomic E-state index is 12.4. The summed E-state index contributed by atoms with van der Waals surface area (Å²) in [6.45, 7) is 1.08. The van der Waals surface area contributed by atoms with Crippen LogP contribution in [0.1, 0.15) is 6.42 Å². The lowest BCUT2D eigenvalue weighted by Gasteiger charge is -2.26. The molecule has 3 amide bonds. The van der Waals surface area contributed by atoms with Crippen molar-refractivity contribution >= 4 is 17.6 Å². The lowest BCUT2D eigenvalue weighted by atomic mass is 10.2. The van der Waals surface area contributed by atoms with Crippen molar-refractivity contribution in [3.05, 3.63) is 48.5 Å². The molecule has 0 saturated carbocycles. The second-order valence-corrected chi connectivity index (χ2v) is 6.96. The van der Waals surface area contributed by atoms with Gasteiger partial charge in [-0.15, -0.1) is 0 Å². The van der Waals surface area contributed by atoms with Crippen LogP contribution in [0.2, 0.25) is 0 Å². The van der Waals surface area contributed by atoms with E-state index in [0.29, 0.717) is 36.9 Å². The Morgan fingerprint density at radius 3 is 2.86 bits per heavy atom. The molecule has 2 heterocycles. The number of nitrogens with zero attached hydrogens (tertiary/aromatic N) is 1. The van der Waals surface area contributed by atoms with Gasteiger partial charge in [-0.3, -0.25) is 4.79 Å². The highest BCUT2D eigenvalue weighted by molar-refractivity contribution is 5.97. The van der Waals surface area contributed by atoms with Crippen LogP contribution in [0, 0.1) is 0 Å². The van der Waals surface area contributed by atoms with Gasteiger partial charge in [0.15, 0.2) is 17.6 Å². The summed E-state index contributed by atoms with van der Waals surface area (Å²) >= 11 is 0. The second kappa shape index (κ2) is 8.30. The molecule has 0 aromatic heterocycles. The van der Waals surface area contributed by atoms with Crippen molar-refractivity contribution in [1.29, 1.82) is 0 Å². The number of carbonyl (C=O) groups excluding carboxylic acids is 2. The van der Waals surface area contributed by atoms with Crippen molar-refractivity contribution in [1.82, 2.24) is 10.6 Å². The van der Waals surface area contributed by atoms with Gasteiger partial charge in [0.05, 0.1) is 19.7 Å². The SMILES string of the molecule is COc1cccc(N2C[C@@H](NC(=O)NC[C@@H]3COc4ccccc4O3)CC2=O)c1. The molecular weight excluding hydrogens is 374 g/mol. The van der Waals surface area contributed by atoms with Gasteiger partial charge in [0, 0.05) is 24.7 Å². The van der Waals surface area contributed by atoms with E-state index < -0.39 is 0 Å². The van der Waals surface area contributed by atoms with E-state index in [1.54, 1.807) is 18.1 Å². The zero-order valence-electron chi connectivity index (χ0n) is 16.1. The van der Waals surface area contributed by atoms with Crippen LogP contribution in [0.25, 0.3) is 0 Å². The Bertz CT molecular complexity index is 903. The largest absolute Gasteiger partial charge is 0.497 e. The van der Waals surface area contributed by atoms with E-state index in [9.17, 15) is 9.59 Å². The summed E-state index contributed by atoms with van der Waals surface area (Å²) in [5.74, 6) is 2.02. The Morgan fingerprint density at radius 1 is 1.21 bits per heavy atom. The fraction of sp³-hybridized carbons (Fsp3) is 0.333. The molecule has 29 heavy (non-hydrogen) atoms. The number of para-hydroxylation sites is 2. The van der Waals surface area contributed by atoms with Crippen LogP contribution in [-0.2, 0) is 4.79 Å². The van der Waals surface area contributed by atoms with E-state index in [0.717, 1.165) is 5.69 Å². The van der Waals surface area contributed by atoms with Crippen LogP contribution in [0.15, 0.2) is 48.5 Å². The summed E-state index contributed by atoms with van der Waals surface area (Å²) in [4.78, 5) is 26.3. The smallest absolute Gasteiger partial charge is 0.315 e. The zero-order chi connectivity index (χ0) is 20.2. The predicted octanol–water partition coefficient (Wildman–Crippen LogP) is 1.94. The molecule has 0 radical (unpaired) electrons. The average molecular weight is 397 g/mol. The van der Waals surface area contributed by atoms with Crippen LogP contribution in [-0.4, -0.2) is 50.9 Å². The first-order valence-corrected chi connectivity index (χ1v) is 9.49. The van der Waals surface area contributed by atoms with Gasteiger partial charge in [0.1, 0.15) is 12.4 Å². The Labute approximate surface area is 168 Å². The molecule has 2 aromatic carbocycles. The van der Waals surface area contributed by atoms with Crippen molar-refractivity contribution < 1.29 is 23.8 Å². The third kappa shape index (κ3) is 4.37. The second-order valence-electron chi connectivity index (χ2n) is 6.96. The van der Waals surface area contributed by atoms with Gasteiger partial charge in [-0.25, -0.2) is 4.79 Å². The molecule has 2 aromatic rings. The number of methoxy groups -OCH3 is 1.